The van der Waals surface area contributed by atoms with Crippen LogP contribution in [0.25, 0.3) is 0 Å². The molecule has 1 unspecified atom stereocenters. The van der Waals surface area contributed by atoms with Crippen molar-refractivity contribution in [3.63, 3.8) is 0 Å². The van der Waals surface area contributed by atoms with Crippen LogP contribution in [0.2, 0.25) is 0 Å². The quantitative estimate of drug-likeness (QED) is 0.707. The molecule has 1 atom stereocenters. The average Bonchev–Trinajstić information content (AvgIpc) is 2.30. The molecule has 94 valence electrons. The van der Waals surface area contributed by atoms with Gasteiger partial charge in [0.2, 0.25) is 5.88 Å². The normalized spacial score (nSPS) is 11.9. The van der Waals surface area contributed by atoms with Crippen molar-refractivity contribution in [1.29, 1.82) is 0 Å². The highest BCUT2D eigenvalue weighted by atomic mass is 16.5. The molecule has 0 spiro atoms. The average molecular weight is 239 g/mol. The lowest BCUT2D eigenvalue weighted by Gasteiger charge is -2.12. The van der Waals surface area contributed by atoms with E-state index in [0.29, 0.717) is 24.7 Å². The van der Waals surface area contributed by atoms with Gasteiger partial charge in [0.25, 0.3) is 0 Å². The Kier molecular flexibility index (Phi) is 5.42. The Labute approximate surface area is 101 Å². The molecule has 1 aromatic rings. The highest BCUT2D eigenvalue weighted by Crippen LogP contribution is 2.10. The summed E-state index contributed by atoms with van der Waals surface area (Å²) in [4.78, 5) is 15.4. The Hall–Kier alpha value is -1.62. The molecule has 0 bridgehead atoms. The van der Waals surface area contributed by atoms with E-state index in [4.69, 9.17) is 14.2 Å². The number of carbonyl (C=O) groups is 1. The van der Waals surface area contributed by atoms with Crippen LogP contribution in [0.3, 0.4) is 0 Å². The maximum absolute atomic E-state index is 11.4. The van der Waals surface area contributed by atoms with Gasteiger partial charge in [0.05, 0.1) is 18.8 Å². The van der Waals surface area contributed by atoms with Gasteiger partial charge < -0.3 is 14.2 Å². The fourth-order valence-electron chi connectivity index (χ4n) is 1.26. The molecule has 0 N–H and O–H groups in total. The Balaban J connectivity index is 2.58. The summed E-state index contributed by atoms with van der Waals surface area (Å²) in [5.41, 5.74) is 0.415. The summed E-state index contributed by atoms with van der Waals surface area (Å²) in [5.74, 6) is 0.0825. The van der Waals surface area contributed by atoms with Crippen molar-refractivity contribution in [2.75, 3.05) is 20.3 Å². The Morgan fingerprint density at radius 3 is 2.76 bits per heavy atom. The number of hydrogen-bond donors (Lipinski definition) is 0. The topological polar surface area (TPSA) is 57.7 Å². The molecule has 1 rings (SSSR count). The van der Waals surface area contributed by atoms with Gasteiger partial charge in [-0.2, -0.15) is 0 Å². The van der Waals surface area contributed by atoms with Crippen molar-refractivity contribution in [1.82, 2.24) is 4.98 Å². The lowest BCUT2D eigenvalue weighted by Crippen LogP contribution is -2.18. The number of methoxy groups -OCH3 is 1. The maximum atomic E-state index is 11.4. The summed E-state index contributed by atoms with van der Waals surface area (Å²) >= 11 is 0. The van der Waals surface area contributed by atoms with Gasteiger partial charge in [0.1, 0.15) is 6.10 Å². The summed E-state index contributed by atoms with van der Waals surface area (Å²) < 4.78 is 15.3. The number of rotatable bonds is 6. The van der Waals surface area contributed by atoms with Crippen LogP contribution in [-0.2, 0) is 9.47 Å². The number of nitrogens with zero attached hydrogens (tertiary/aromatic N) is 1. The van der Waals surface area contributed by atoms with Crippen LogP contribution < -0.4 is 4.74 Å². The van der Waals surface area contributed by atoms with Crippen molar-refractivity contribution in [2.45, 2.75) is 20.0 Å². The minimum absolute atomic E-state index is 0.0825. The van der Waals surface area contributed by atoms with E-state index in [1.807, 2.05) is 6.92 Å². The molecule has 0 amide bonds. The largest absolute Gasteiger partial charge is 0.472 e. The molecular formula is C12H17NO4. The van der Waals surface area contributed by atoms with Gasteiger partial charge in [-0.1, -0.05) is 0 Å². The fraction of sp³-hybridized carbons (Fsp3) is 0.500. The summed E-state index contributed by atoms with van der Waals surface area (Å²) in [5, 5.41) is 0. The monoisotopic (exact) mass is 239 g/mol. The van der Waals surface area contributed by atoms with Gasteiger partial charge in [-0.25, -0.2) is 9.78 Å². The van der Waals surface area contributed by atoms with Gasteiger partial charge in [-0.15, -0.1) is 0 Å². The van der Waals surface area contributed by atoms with Gasteiger partial charge in [-0.05, 0) is 19.9 Å². The molecule has 0 saturated heterocycles. The molecule has 0 fully saturated rings. The van der Waals surface area contributed by atoms with E-state index >= 15 is 0 Å². The summed E-state index contributed by atoms with van der Waals surface area (Å²) in [6.07, 6.45) is 1.35. The second kappa shape index (κ2) is 6.85. The predicted molar refractivity (Wildman–Crippen MR) is 62.2 cm³/mol. The Morgan fingerprint density at radius 2 is 2.24 bits per heavy atom. The van der Waals surface area contributed by atoms with Crippen molar-refractivity contribution >= 4 is 5.97 Å². The van der Waals surface area contributed by atoms with Crippen LogP contribution in [0.5, 0.6) is 5.88 Å². The summed E-state index contributed by atoms with van der Waals surface area (Å²) in [7, 11) is 1.61. The third kappa shape index (κ3) is 4.40. The highest BCUT2D eigenvalue weighted by molar-refractivity contribution is 5.89. The third-order valence-electron chi connectivity index (χ3n) is 1.97. The highest BCUT2D eigenvalue weighted by Gasteiger charge is 2.08. The van der Waals surface area contributed by atoms with Crippen LogP contribution in [0.1, 0.15) is 24.2 Å². The van der Waals surface area contributed by atoms with Crippen LogP contribution in [0, 0.1) is 0 Å². The Morgan fingerprint density at radius 1 is 1.47 bits per heavy atom. The number of carbonyl (C=O) groups excluding carboxylic acids is 1. The van der Waals surface area contributed by atoms with E-state index in [-0.39, 0.29) is 12.1 Å². The molecule has 0 aliphatic heterocycles. The molecule has 0 aliphatic carbocycles. The maximum Gasteiger partial charge on any atom is 0.339 e. The fourth-order valence-corrected chi connectivity index (χ4v) is 1.26. The molecule has 0 aliphatic rings. The zero-order valence-electron chi connectivity index (χ0n) is 10.3. The molecule has 0 aromatic carbocycles. The van der Waals surface area contributed by atoms with Crippen LogP contribution in [0.4, 0.5) is 0 Å². The molecule has 5 heteroatoms. The van der Waals surface area contributed by atoms with Crippen molar-refractivity contribution in [3.05, 3.63) is 23.9 Å². The first-order valence-corrected chi connectivity index (χ1v) is 5.46. The van der Waals surface area contributed by atoms with Crippen molar-refractivity contribution in [2.24, 2.45) is 0 Å². The van der Waals surface area contributed by atoms with E-state index in [0.717, 1.165) is 0 Å². The minimum atomic E-state index is -0.378. The van der Waals surface area contributed by atoms with Gasteiger partial charge in [0, 0.05) is 19.4 Å². The van der Waals surface area contributed by atoms with Crippen LogP contribution >= 0.6 is 0 Å². The summed E-state index contributed by atoms with van der Waals surface area (Å²) in [6.45, 7) is 4.48. The van der Waals surface area contributed by atoms with Gasteiger partial charge >= 0.3 is 5.97 Å². The molecule has 0 saturated carbocycles. The number of ether oxygens (including phenoxy) is 3. The lowest BCUT2D eigenvalue weighted by atomic mass is 10.3. The van der Waals surface area contributed by atoms with Crippen LogP contribution in [0.15, 0.2) is 18.3 Å². The standard InChI is InChI=1S/C12H17NO4/c1-4-16-12(14)10-5-6-11(13-7-10)17-9(2)8-15-3/h5-7,9H,4,8H2,1-3H3. The SMILES string of the molecule is CCOC(=O)c1ccc(OC(C)COC)nc1. The first kappa shape index (κ1) is 13.4. The summed E-state index contributed by atoms with van der Waals surface area (Å²) in [6, 6.07) is 3.26. The second-order valence-corrected chi connectivity index (χ2v) is 3.49. The van der Waals surface area contributed by atoms with Crippen LogP contribution in [-0.4, -0.2) is 37.4 Å². The minimum Gasteiger partial charge on any atom is -0.472 e. The number of hydrogen-bond acceptors (Lipinski definition) is 5. The number of esters is 1. The van der Waals surface area contributed by atoms with E-state index in [2.05, 4.69) is 4.98 Å². The number of aromatic nitrogens is 1. The first-order valence-electron chi connectivity index (χ1n) is 5.46. The van der Waals surface area contributed by atoms with Crippen molar-refractivity contribution < 1.29 is 19.0 Å². The van der Waals surface area contributed by atoms with Gasteiger partial charge in [-0.3, -0.25) is 0 Å². The van der Waals surface area contributed by atoms with Gasteiger partial charge in [0.15, 0.2) is 0 Å². The molecule has 17 heavy (non-hydrogen) atoms. The zero-order valence-corrected chi connectivity index (χ0v) is 10.3. The van der Waals surface area contributed by atoms with E-state index in [1.165, 1.54) is 6.20 Å². The first-order chi connectivity index (χ1) is 8.17. The lowest BCUT2D eigenvalue weighted by molar-refractivity contribution is 0.0525. The number of pyridine rings is 1. The smallest absolute Gasteiger partial charge is 0.339 e. The molecule has 1 heterocycles. The Bertz CT molecular complexity index is 350. The zero-order chi connectivity index (χ0) is 12.7. The predicted octanol–water partition coefficient (Wildman–Crippen LogP) is 1.67. The third-order valence-corrected chi connectivity index (χ3v) is 1.97. The molecule has 0 radical (unpaired) electrons. The molecule has 5 nitrogen and oxygen atoms in total. The molecule has 1 aromatic heterocycles. The van der Waals surface area contributed by atoms with E-state index in [9.17, 15) is 4.79 Å². The van der Waals surface area contributed by atoms with E-state index in [1.54, 1.807) is 26.2 Å². The molecular weight excluding hydrogens is 222 g/mol. The van der Waals surface area contributed by atoms with Crippen molar-refractivity contribution in [3.8, 4) is 5.88 Å². The second-order valence-electron chi connectivity index (χ2n) is 3.49. The van der Waals surface area contributed by atoms with E-state index < -0.39 is 0 Å².